The Bertz CT molecular complexity index is 1330. The molecule has 0 radical (unpaired) electrons. The molecular formula is C30H35N3O5. The van der Waals surface area contributed by atoms with Crippen LogP contribution < -0.4 is 9.47 Å². The van der Waals surface area contributed by atoms with Gasteiger partial charge in [-0.2, -0.15) is 0 Å². The number of hydrogen-bond acceptors (Lipinski definition) is 7. The second-order valence-electron chi connectivity index (χ2n) is 10.1. The molecule has 8 heteroatoms. The minimum Gasteiger partial charge on any atom is -0.497 e. The monoisotopic (exact) mass is 517 g/mol. The number of nitrogens with zero attached hydrogens (tertiary/aromatic N) is 3. The zero-order valence-electron chi connectivity index (χ0n) is 22.6. The van der Waals surface area contributed by atoms with E-state index in [1.165, 1.54) is 10.5 Å². The lowest BCUT2D eigenvalue weighted by Gasteiger charge is -2.39. The number of aliphatic imine (C=N–C) groups is 1. The van der Waals surface area contributed by atoms with Crippen molar-refractivity contribution in [2.45, 2.75) is 58.6 Å². The molecule has 2 atom stereocenters. The highest BCUT2D eigenvalue weighted by atomic mass is 16.5. The van der Waals surface area contributed by atoms with Crippen molar-refractivity contribution in [3.63, 3.8) is 0 Å². The Kier molecular flexibility index (Phi) is 7.27. The third-order valence-corrected chi connectivity index (χ3v) is 7.10. The van der Waals surface area contributed by atoms with Gasteiger partial charge in [0.2, 0.25) is 0 Å². The first kappa shape index (κ1) is 26.0. The van der Waals surface area contributed by atoms with Crippen LogP contribution in [0.4, 0.5) is 5.69 Å². The van der Waals surface area contributed by atoms with Gasteiger partial charge in [-0.25, -0.2) is 4.99 Å². The van der Waals surface area contributed by atoms with Crippen LogP contribution in [-0.4, -0.2) is 53.5 Å². The number of rotatable bonds is 8. The molecule has 0 spiro atoms. The lowest BCUT2D eigenvalue weighted by atomic mass is 10.0. The summed E-state index contributed by atoms with van der Waals surface area (Å²) >= 11 is 0. The molecule has 1 amide bonds. The average molecular weight is 518 g/mol. The first-order valence-electron chi connectivity index (χ1n) is 13.1. The maximum Gasteiger partial charge on any atom is 0.256 e. The number of aliphatic hydroxyl groups excluding tert-OH is 1. The van der Waals surface area contributed by atoms with Gasteiger partial charge in [0.25, 0.3) is 5.91 Å². The number of fused-ring (bicyclic) bond motifs is 2. The molecule has 5 rings (SSSR count). The fraction of sp³-hybridized carbons (Fsp3) is 0.400. The number of carbonyl (C=O) groups excluding carboxylic acids is 1. The molecule has 3 aliphatic rings. The van der Waals surface area contributed by atoms with Crippen LogP contribution in [0.3, 0.4) is 0 Å². The topological polar surface area (TPSA) is 83.8 Å². The van der Waals surface area contributed by atoms with E-state index in [2.05, 4.69) is 24.0 Å². The lowest BCUT2D eigenvalue weighted by molar-refractivity contribution is 0.0127. The van der Waals surface area contributed by atoms with Crippen LogP contribution in [0.2, 0.25) is 0 Å². The number of amidine groups is 1. The molecule has 38 heavy (non-hydrogen) atoms. The van der Waals surface area contributed by atoms with E-state index >= 15 is 0 Å². The van der Waals surface area contributed by atoms with Crippen molar-refractivity contribution >= 4 is 17.4 Å². The van der Waals surface area contributed by atoms with Gasteiger partial charge < -0.3 is 24.2 Å². The summed E-state index contributed by atoms with van der Waals surface area (Å²) in [5.41, 5.74) is 5.00. The lowest BCUT2D eigenvalue weighted by Crippen LogP contribution is -2.40. The molecule has 1 aliphatic carbocycles. The number of amides is 1. The van der Waals surface area contributed by atoms with Gasteiger partial charge in [-0.3, -0.25) is 9.69 Å². The third kappa shape index (κ3) is 4.70. The number of methoxy groups -OCH3 is 2. The molecule has 0 bridgehead atoms. The number of benzene rings is 2. The maximum atomic E-state index is 13.3. The van der Waals surface area contributed by atoms with Crippen LogP contribution in [0.15, 0.2) is 64.8 Å². The molecule has 0 saturated heterocycles. The molecule has 1 N–H and O–H groups in total. The fourth-order valence-corrected chi connectivity index (χ4v) is 5.34. The molecule has 200 valence electrons. The number of carbonyl (C=O) groups is 1. The molecule has 2 unspecified atom stereocenters. The highest BCUT2D eigenvalue weighted by molar-refractivity contribution is 6.00. The SMILES string of the molecule is COc1ccc2c(c1)N=C(CCN1C(=O)c3cccc(OC(C)C)c3C1O)N(C1=CCCC(C)=C1)C2OC. The summed E-state index contributed by atoms with van der Waals surface area (Å²) in [4.78, 5) is 21.9. The average Bonchev–Trinajstić information content (AvgIpc) is 3.15. The van der Waals surface area contributed by atoms with E-state index in [0.29, 0.717) is 29.0 Å². The van der Waals surface area contributed by atoms with Crippen molar-refractivity contribution in [2.24, 2.45) is 4.99 Å². The Labute approximate surface area is 223 Å². The largest absolute Gasteiger partial charge is 0.497 e. The highest BCUT2D eigenvalue weighted by Gasteiger charge is 2.39. The number of ether oxygens (including phenoxy) is 3. The molecule has 0 aromatic heterocycles. The van der Waals surface area contributed by atoms with Crippen LogP contribution in [0, 0.1) is 0 Å². The Hall–Kier alpha value is -3.62. The van der Waals surface area contributed by atoms with Crippen molar-refractivity contribution in [1.29, 1.82) is 0 Å². The van der Waals surface area contributed by atoms with E-state index in [0.717, 1.165) is 35.6 Å². The van der Waals surface area contributed by atoms with E-state index < -0.39 is 6.23 Å². The standard InChI is InChI=1S/C30H35N3O5/c1-18(2)38-25-11-7-10-23-27(25)29(35)32(28(23)34)15-14-26-31-24-17-21(36-4)12-13-22(24)30(37-5)33(26)20-9-6-8-19(3)16-20/h7,9-13,16-18,29-30,35H,6,8,14-15H2,1-5H3. The highest BCUT2D eigenvalue weighted by Crippen LogP contribution is 2.42. The molecular weight excluding hydrogens is 482 g/mol. The summed E-state index contributed by atoms with van der Waals surface area (Å²) in [5, 5.41) is 11.2. The van der Waals surface area contributed by atoms with E-state index in [1.54, 1.807) is 32.4 Å². The first-order valence-corrected chi connectivity index (χ1v) is 13.1. The Morgan fingerprint density at radius 1 is 1.18 bits per heavy atom. The van der Waals surface area contributed by atoms with E-state index in [4.69, 9.17) is 19.2 Å². The second kappa shape index (κ2) is 10.6. The summed E-state index contributed by atoms with van der Waals surface area (Å²) in [6, 6.07) is 11.1. The van der Waals surface area contributed by atoms with Gasteiger partial charge in [0.1, 0.15) is 17.3 Å². The van der Waals surface area contributed by atoms with Crippen LogP contribution in [-0.2, 0) is 4.74 Å². The predicted molar refractivity (Wildman–Crippen MR) is 146 cm³/mol. The van der Waals surface area contributed by atoms with Gasteiger partial charge >= 0.3 is 0 Å². The van der Waals surface area contributed by atoms with Crippen molar-refractivity contribution in [3.05, 3.63) is 76.5 Å². The molecule has 2 aromatic carbocycles. The van der Waals surface area contributed by atoms with Crippen LogP contribution in [0.25, 0.3) is 0 Å². The smallest absolute Gasteiger partial charge is 0.256 e. The van der Waals surface area contributed by atoms with Crippen LogP contribution in [0.1, 0.15) is 74.0 Å². The summed E-state index contributed by atoms with van der Waals surface area (Å²) < 4.78 is 17.4. The molecule has 0 saturated carbocycles. The molecule has 8 nitrogen and oxygen atoms in total. The summed E-state index contributed by atoms with van der Waals surface area (Å²) in [7, 11) is 3.32. The predicted octanol–water partition coefficient (Wildman–Crippen LogP) is 5.63. The van der Waals surface area contributed by atoms with Gasteiger partial charge in [-0.05, 0) is 64.0 Å². The maximum absolute atomic E-state index is 13.3. The summed E-state index contributed by atoms with van der Waals surface area (Å²) in [6.07, 6.45) is 5.17. The summed E-state index contributed by atoms with van der Waals surface area (Å²) in [5.74, 6) is 1.78. The van der Waals surface area contributed by atoms with Gasteiger partial charge in [0.15, 0.2) is 12.5 Å². The van der Waals surface area contributed by atoms with Gasteiger partial charge in [0.05, 0.1) is 30.0 Å². The van der Waals surface area contributed by atoms with Crippen molar-refractivity contribution < 1.29 is 24.1 Å². The number of allylic oxidation sites excluding steroid dienone is 3. The van der Waals surface area contributed by atoms with E-state index in [-0.39, 0.29) is 24.8 Å². The normalized spacial score (nSPS) is 20.6. The molecule has 2 heterocycles. The zero-order valence-corrected chi connectivity index (χ0v) is 22.6. The van der Waals surface area contributed by atoms with Gasteiger partial charge in [0, 0.05) is 37.4 Å². The number of hydrogen-bond donors (Lipinski definition) is 1. The third-order valence-electron chi connectivity index (χ3n) is 7.10. The van der Waals surface area contributed by atoms with Crippen molar-refractivity contribution in [1.82, 2.24) is 9.80 Å². The summed E-state index contributed by atoms with van der Waals surface area (Å²) in [6.45, 7) is 6.25. The Morgan fingerprint density at radius 3 is 2.71 bits per heavy atom. The van der Waals surface area contributed by atoms with Crippen molar-refractivity contribution in [2.75, 3.05) is 20.8 Å². The minimum absolute atomic E-state index is 0.0775. The molecule has 2 aromatic rings. The minimum atomic E-state index is -1.09. The molecule has 0 fully saturated rings. The Morgan fingerprint density at radius 2 is 2.00 bits per heavy atom. The fourth-order valence-electron chi connectivity index (χ4n) is 5.34. The first-order chi connectivity index (χ1) is 18.3. The number of aliphatic hydroxyl groups is 1. The molecule has 2 aliphatic heterocycles. The van der Waals surface area contributed by atoms with Crippen LogP contribution in [0.5, 0.6) is 11.5 Å². The van der Waals surface area contributed by atoms with Crippen LogP contribution >= 0.6 is 0 Å². The quantitative estimate of drug-likeness (QED) is 0.488. The second-order valence-corrected chi connectivity index (χ2v) is 10.1. The van der Waals surface area contributed by atoms with Gasteiger partial charge in [-0.1, -0.05) is 17.7 Å². The van der Waals surface area contributed by atoms with E-state index in [9.17, 15) is 9.90 Å². The Balaban J connectivity index is 1.48. The van der Waals surface area contributed by atoms with E-state index in [1.807, 2.05) is 32.0 Å². The van der Waals surface area contributed by atoms with Gasteiger partial charge in [-0.15, -0.1) is 0 Å². The van der Waals surface area contributed by atoms with Crippen molar-refractivity contribution in [3.8, 4) is 11.5 Å². The zero-order chi connectivity index (χ0) is 27.0.